The number of aryl methyl sites for hydroxylation is 1. The number of carbonyl (C=O) groups is 1. The number of imidazole rings is 1. The largest absolute Gasteiger partial charge is 0.508 e. The number of phenols is 1. The van der Waals surface area contributed by atoms with Gasteiger partial charge in [0.1, 0.15) is 11.4 Å². The van der Waals surface area contributed by atoms with Gasteiger partial charge in [-0.25, -0.2) is 4.98 Å². The third kappa shape index (κ3) is 3.90. The molecule has 6 nitrogen and oxygen atoms in total. The molecule has 0 unspecified atom stereocenters. The van der Waals surface area contributed by atoms with E-state index in [1.54, 1.807) is 29.2 Å². The molecule has 0 aliphatic carbocycles. The lowest BCUT2D eigenvalue weighted by Gasteiger charge is -2.33. The standard InChI is InChI=1S/C17H22N4O2/c1-20-12-18-9-16(20)17(23)19-14-5-3-7-21(11-14)10-13-4-2-6-15(22)8-13/h2,4,6,8-9,12,14,22H,3,5,7,10-11H2,1H3,(H,19,23)/t14-/m1/s1. The highest BCUT2D eigenvalue weighted by atomic mass is 16.3. The summed E-state index contributed by atoms with van der Waals surface area (Å²) >= 11 is 0. The number of likely N-dealkylation sites (tertiary alicyclic amines) is 1. The minimum absolute atomic E-state index is 0.0748. The van der Waals surface area contributed by atoms with Gasteiger partial charge in [-0.2, -0.15) is 0 Å². The first kappa shape index (κ1) is 15.6. The van der Waals surface area contributed by atoms with Crippen LogP contribution in [0.1, 0.15) is 28.9 Å². The molecule has 1 atom stereocenters. The number of benzene rings is 1. The van der Waals surface area contributed by atoms with Crippen molar-refractivity contribution in [2.45, 2.75) is 25.4 Å². The summed E-state index contributed by atoms with van der Waals surface area (Å²) in [4.78, 5) is 18.6. The molecule has 1 amide bonds. The molecule has 2 aromatic rings. The molecule has 3 rings (SSSR count). The lowest BCUT2D eigenvalue weighted by Crippen LogP contribution is -2.47. The van der Waals surface area contributed by atoms with Gasteiger partial charge >= 0.3 is 0 Å². The second kappa shape index (κ2) is 6.83. The Balaban J connectivity index is 1.58. The highest BCUT2D eigenvalue weighted by Gasteiger charge is 2.22. The van der Waals surface area contributed by atoms with E-state index in [1.807, 2.05) is 19.2 Å². The number of phenolic OH excluding ortho intramolecular Hbond substituents is 1. The Morgan fingerprint density at radius 1 is 1.48 bits per heavy atom. The van der Waals surface area contributed by atoms with Gasteiger partial charge < -0.3 is 15.0 Å². The number of piperidine rings is 1. The average Bonchev–Trinajstić information content (AvgIpc) is 2.94. The van der Waals surface area contributed by atoms with Gasteiger partial charge in [0.05, 0.1) is 12.5 Å². The Morgan fingerprint density at radius 3 is 3.09 bits per heavy atom. The molecule has 1 aromatic carbocycles. The second-order valence-electron chi connectivity index (χ2n) is 6.11. The number of hydrogen-bond donors (Lipinski definition) is 2. The molecule has 122 valence electrons. The van der Waals surface area contributed by atoms with Crippen molar-refractivity contribution in [1.82, 2.24) is 19.8 Å². The van der Waals surface area contributed by atoms with E-state index in [9.17, 15) is 9.90 Å². The number of amides is 1. The minimum atomic E-state index is -0.0748. The van der Waals surface area contributed by atoms with Crippen molar-refractivity contribution >= 4 is 5.91 Å². The third-order valence-corrected chi connectivity index (χ3v) is 4.21. The SMILES string of the molecule is Cn1cncc1C(=O)N[C@@H]1CCCN(Cc2cccc(O)c2)C1. The predicted octanol–water partition coefficient (Wildman–Crippen LogP) is 1.52. The van der Waals surface area contributed by atoms with Crippen molar-refractivity contribution in [3.63, 3.8) is 0 Å². The molecule has 2 N–H and O–H groups in total. The first-order chi connectivity index (χ1) is 11.1. The summed E-state index contributed by atoms with van der Waals surface area (Å²) < 4.78 is 1.72. The molecule has 1 aliphatic heterocycles. The number of nitrogens with one attached hydrogen (secondary N) is 1. The van der Waals surface area contributed by atoms with Crippen LogP contribution in [0.25, 0.3) is 0 Å². The molecule has 0 radical (unpaired) electrons. The van der Waals surface area contributed by atoms with Gasteiger partial charge in [0.25, 0.3) is 5.91 Å². The van der Waals surface area contributed by atoms with Crippen molar-refractivity contribution in [2.24, 2.45) is 7.05 Å². The molecular weight excluding hydrogens is 292 g/mol. The molecule has 1 aromatic heterocycles. The first-order valence-corrected chi connectivity index (χ1v) is 7.89. The Morgan fingerprint density at radius 2 is 2.35 bits per heavy atom. The fraction of sp³-hybridized carbons (Fsp3) is 0.412. The van der Waals surface area contributed by atoms with Crippen LogP contribution in [0.4, 0.5) is 0 Å². The molecule has 0 spiro atoms. The maximum atomic E-state index is 12.3. The normalized spacial score (nSPS) is 18.7. The van der Waals surface area contributed by atoms with Gasteiger partial charge in [0, 0.05) is 26.2 Å². The number of nitrogens with zero attached hydrogens (tertiary/aromatic N) is 3. The maximum absolute atomic E-state index is 12.3. The van der Waals surface area contributed by atoms with Crippen molar-refractivity contribution in [3.05, 3.63) is 48.0 Å². The van der Waals surface area contributed by atoms with Crippen LogP contribution in [-0.2, 0) is 13.6 Å². The number of rotatable bonds is 4. The Labute approximate surface area is 135 Å². The van der Waals surface area contributed by atoms with E-state index in [0.29, 0.717) is 11.4 Å². The van der Waals surface area contributed by atoms with E-state index < -0.39 is 0 Å². The lowest BCUT2D eigenvalue weighted by molar-refractivity contribution is 0.0892. The van der Waals surface area contributed by atoms with Crippen LogP contribution >= 0.6 is 0 Å². The van der Waals surface area contributed by atoms with Gasteiger partial charge in [-0.3, -0.25) is 9.69 Å². The number of aromatic nitrogens is 2. The molecule has 1 aliphatic rings. The number of hydrogen-bond acceptors (Lipinski definition) is 4. The zero-order valence-corrected chi connectivity index (χ0v) is 13.3. The smallest absolute Gasteiger partial charge is 0.269 e. The monoisotopic (exact) mass is 314 g/mol. The first-order valence-electron chi connectivity index (χ1n) is 7.89. The van der Waals surface area contributed by atoms with Gasteiger partial charge in [0.15, 0.2) is 0 Å². The molecule has 2 heterocycles. The van der Waals surface area contributed by atoms with Crippen molar-refractivity contribution < 1.29 is 9.90 Å². The van der Waals surface area contributed by atoms with Crippen LogP contribution in [0.2, 0.25) is 0 Å². The fourth-order valence-corrected chi connectivity index (χ4v) is 3.07. The summed E-state index contributed by atoms with van der Waals surface area (Å²) in [7, 11) is 1.82. The minimum Gasteiger partial charge on any atom is -0.508 e. The van der Waals surface area contributed by atoms with E-state index in [0.717, 1.165) is 38.0 Å². The second-order valence-corrected chi connectivity index (χ2v) is 6.11. The third-order valence-electron chi connectivity index (χ3n) is 4.21. The van der Waals surface area contributed by atoms with E-state index in [1.165, 1.54) is 0 Å². The van der Waals surface area contributed by atoms with Crippen LogP contribution in [-0.4, -0.2) is 44.6 Å². The molecule has 23 heavy (non-hydrogen) atoms. The maximum Gasteiger partial charge on any atom is 0.269 e. The van der Waals surface area contributed by atoms with Crippen LogP contribution in [0.3, 0.4) is 0 Å². The summed E-state index contributed by atoms with van der Waals surface area (Å²) in [5.74, 6) is 0.217. The molecule has 0 saturated carbocycles. The molecule has 1 saturated heterocycles. The average molecular weight is 314 g/mol. The Kier molecular flexibility index (Phi) is 4.62. The van der Waals surface area contributed by atoms with Gasteiger partial charge in [-0.05, 0) is 37.1 Å². The number of carbonyl (C=O) groups excluding carboxylic acids is 1. The quantitative estimate of drug-likeness (QED) is 0.898. The molecule has 1 fully saturated rings. The summed E-state index contributed by atoms with van der Waals surface area (Å²) in [6.45, 7) is 2.61. The summed E-state index contributed by atoms with van der Waals surface area (Å²) in [5, 5.41) is 12.7. The Hall–Kier alpha value is -2.34. The van der Waals surface area contributed by atoms with E-state index in [2.05, 4.69) is 15.2 Å². The zero-order valence-electron chi connectivity index (χ0n) is 13.3. The summed E-state index contributed by atoms with van der Waals surface area (Å²) in [6.07, 6.45) is 5.25. The summed E-state index contributed by atoms with van der Waals surface area (Å²) in [5.41, 5.74) is 1.67. The van der Waals surface area contributed by atoms with Crippen LogP contribution in [0.15, 0.2) is 36.8 Å². The van der Waals surface area contributed by atoms with Crippen molar-refractivity contribution in [1.29, 1.82) is 0 Å². The van der Waals surface area contributed by atoms with Crippen LogP contribution in [0, 0.1) is 0 Å². The van der Waals surface area contributed by atoms with Gasteiger partial charge in [-0.15, -0.1) is 0 Å². The molecular formula is C17H22N4O2. The van der Waals surface area contributed by atoms with Gasteiger partial charge in [0.2, 0.25) is 0 Å². The molecule has 6 heteroatoms. The van der Waals surface area contributed by atoms with Crippen molar-refractivity contribution in [3.8, 4) is 5.75 Å². The predicted molar refractivity (Wildman–Crippen MR) is 87.1 cm³/mol. The highest BCUT2D eigenvalue weighted by Crippen LogP contribution is 2.17. The molecule has 0 bridgehead atoms. The van der Waals surface area contributed by atoms with E-state index in [4.69, 9.17) is 0 Å². The van der Waals surface area contributed by atoms with Gasteiger partial charge in [-0.1, -0.05) is 12.1 Å². The van der Waals surface area contributed by atoms with E-state index in [-0.39, 0.29) is 11.9 Å². The lowest BCUT2D eigenvalue weighted by atomic mass is 10.0. The summed E-state index contributed by atoms with van der Waals surface area (Å²) in [6, 6.07) is 7.48. The van der Waals surface area contributed by atoms with Crippen molar-refractivity contribution in [2.75, 3.05) is 13.1 Å². The number of aromatic hydroxyl groups is 1. The Bertz CT molecular complexity index is 683. The van der Waals surface area contributed by atoms with Crippen LogP contribution < -0.4 is 5.32 Å². The fourth-order valence-electron chi connectivity index (χ4n) is 3.07. The zero-order chi connectivity index (χ0) is 16.2. The topological polar surface area (TPSA) is 70.4 Å². The highest BCUT2D eigenvalue weighted by molar-refractivity contribution is 5.92. The van der Waals surface area contributed by atoms with E-state index >= 15 is 0 Å². The van der Waals surface area contributed by atoms with Crippen LogP contribution in [0.5, 0.6) is 5.75 Å².